The van der Waals surface area contributed by atoms with E-state index >= 15 is 0 Å². The Hall–Kier alpha value is -1.21. The summed E-state index contributed by atoms with van der Waals surface area (Å²) < 4.78 is 4.54. The zero-order valence-corrected chi connectivity index (χ0v) is 14.5. The van der Waals surface area contributed by atoms with E-state index in [4.69, 9.17) is 5.11 Å². The van der Waals surface area contributed by atoms with Gasteiger partial charge in [0, 0.05) is 29.5 Å². The summed E-state index contributed by atoms with van der Waals surface area (Å²) in [6.07, 6.45) is 8.36. The fourth-order valence-electron chi connectivity index (χ4n) is 3.67. The Kier molecular flexibility index (Phi) is 5.48. The number of aromatic nitrogens is 2. The van der Waals surface area contributed by atoms with E-state index in [1.807, 2.05) is 11.8 Å². The number of carboxylic acid groups (broad SMARTS) is 1. The van der Waals surface area contributed by atoms with Crippen LogP contribution in [0, 0.1) is 0 Å². The molecule has 2 aliphatic rings. The van der Waals surface area contributed by atoms with E-state index in [-0.39, 0.29) is 6.54 Å². The minimum Gasteiger partial charge on any atom is -0.480 e. The van der Waals surface area contributed by atoms with Crippen molar-refractivity contribution >= 4 is 22.6 Å². The second-order valence-electron chi connectivity index (χ2n) is 6.72. The van der Waals surface area contributed by atoms with Crippen molar-refractivity contribution in [1.82, 2.24) is 14.3 Å². The second kappa shape index (κ2) is 7.57. The van der Waals surface area contributed by atoms with Gasteiger partial charge in [0.25, 0.3) is 0 Å². The summed E-state index contributed by atoms with van der Waals surface area (Å²) in [5.74, 6) is 0.828. The lowest BCUT2D eigenvalue weighted by Crippen LogP contribution is -2.51. The van der Waals surface area contributed by atoms with Crippen LogP contribution < -0.4 is 5.32 Å². The van der Waals surface area contributed by atoms with Crippen LogP contribution in [0.1, 0.15) is 63.6 Å². The average Bonchev–Trinajstić information content (AvgIpc) is 2.98. The molecule has 0 aliphatic heterocycles. The highest BCUT2D eigenvalue weighted by Crippen LogP contribution is 2.34. The van der Waals surface area contributed by atoms with E-state index in [0.717, 1.165) is 30.3 Å². The van der Waals surface area contributed by atoms with Crippen LogP contribution in [0.5, 0.6) is 0 Å². The Morgan fingerprint density at radius 3 is 2.74 bits per heavy atom. The van der Waals surface area contributed by atoms with Gasteiger partial charge in [-0.15, -0.1) is 0 Å². The summed E-state index contributed by atoms with van der Waals surface area (Å²) in [7, 11) is 0. The monoisotopic (exact) mass is 338 g/mol. The van der Waals surface area contributed by atoms with Gasteiger partial charge in [0.1, 0.15) is 5.82 Å². The maximum absolute atomic E-state index is 10.9. The van der Waals surface area contributed by atoms with Crippen molar-refractivity contribution in [2.75, 3.05) is 18.4 Å². The lowest BCUT2D eigenvalue weighted by Gasteiger charge is -2.42. The van der Waals surface area contributed by atoms with Crippen LogP contribution >= 0.6 is 11.5 Å². The van der Waals surface area contributed by atoms with E-state index in [1.165, 1.54) is 43.6 Å². The Morgan fingerprint density at radius 2 is 2.09 bits per heavy atom. The lowest BCUT2D eigenvalue weighted by atomic mass is 9.85. The van der Waals surface area contributed by atoms with Gasteiger partial charge < -0.3 is 10.4 Å². The van der Waals surface area contributed by atoms with Crippen molar-refractivity contribution in [3.63, 3.8) is 0 Å². The predicted octanol–water partition coefficient (Wildman–Crippen LogP) is 2.94. The Morgan fingerprint density at radius 1 is 1.35 bits per heavy atom. The van der Waals surface area contributed by atoms with Crippen molar-refractivity contribution in [3.05, 3.63) is 5.82 Å². The minimum atomic E-state index is -0.746. The van der Waals surface area contributed by atoms with Gasteiger partial charge in [-0.3, -0.25) is 9.69 Å². The SMILES string of the molecule is CCN(CC(=O)O)C1CC(Nc2nc(C3CCCCC3)ns2)C1. The van der Waals surface area contributed by atoms with E-state index < -0.39 is 5.97 Å². The molecule has 2 fully saturated rings. The van der Waals surface area contributed by atoms with Crippen LogP contribution in [0.15, 0.2) is 0 Å². The summed E-state index contributed by atoms with van der Waals surface area (Å²) in [5, 5.41) is 13.3. The highest BCUT2D eigenvalue weighted by Gasteiger charge is 2.34. The Bertz CT molecular complexity index is 524. The van der Waals surface area contributed by atoms with E-state index in [0.29, 0.717) is 18.0 Å². The zero-order chi connectivity index (χ0) is 16.2. The zero-order valence-electron chi connectivity index (χ0n) is 13.7. The van der Waals surface area contributed by atoms with E-state index in [9.17, 15) is 4.79 Å². The molecule has 0 atom stereocenters. The number of nitrogens with zero attached hydrogens (tertiary/aromatic N) is 3. The number of likely N-dealkylation sites (N-methyl/N-ethyl adjacent to an activating group) is 1. The number of hydrogen-bond acceptors (Lipinski definition) is 6. The number of hydrogen-bond donors (Lipinski definition) is 2. The van der Waals surface area contributed by atoms with Crippen LogP contribution in [0.25, 0.3) is 0 Å². The van der Waals surface area contributed by atoms with Gasteiger partial charge in [-0.2, -0.15) is 4.37 Å². The number of anilines is 1. The predicted molar refractivity (Wildman–Crippen MR) is 91.1 cm³/mol. The molecule has 2 aliphatic carbocycles. The lowest BCUT2D eigenvalue weighted by molar-refractivity contribution is -0.139. The fourth-order valence-corrected chi connectivity index (χ4v) is 4.39. The molecule has 3 rings (SSSR count). The molecule has 1 heterocycles. The molecule has 0 amide bonds. The van der Waals surface area contributed by atoms with Gasteiger partial charge in [-0.25, -0.2) is 4.98 Å². The number of carboxylic acids is 1. The standard InChI is InChI=1S/C16H26N4O2S/c1-2-20(10-14(21)22)13-8-12(9-13)17-16-18-15(19-23-16)11-6-4-3-5-7-11/h11-13H,2-10H2,1H3,(H,21,22)(H,17,18,19). The molecule has 128 valence electrons. The van der Waals surface area contributed by atoms with Gasteiger partial charge in [-0.1, -0.05) is 26.2 Å². The van der Waals surface area contributed by atoms with Crippen molar-refractivity contribution in [2.45, 2.75) is 69.9 Å². The van der Waals surface area contributed by atoms with E-state index in [1.54, 1.807) is 0 Å². The third kappa shape index (κ3) is 4.20. The first-order valence-corrected chi connectivity index (χ1v) is 9.49. The van der Waals surface area contributed by atoms with Crippen molar-refractivity contribution in [1.29, 1.82) is 0 Å². The first-order valence-electron chi connectivity index (χ1n) is 8.71. The third-order valence-corrected chi connectivity index (χ3v) is 5.77. The molecule has 1 aromatic heterocycles. The Balaban J connectivity index is 1.46. The minimum absolute atomic E-state index is 0.137. The van der Waals surface area contributed by atoms with Gasteiger partial charge in [0.2, 0.25) is 5.13 Å². The molecule has 0 saturated heterocycles. The number of carbonyl (C=O) groups is 1. The molecular weight excluding hydrogens is 312 g/mol. The topological polar surface area (TPSA) is 78.4 Å². The largest absolute Gasteiger partial charge is 0.480 e. The molecule has 7 heteroatoms. The molecule has 2 saturated carbocycles. The van der Waals surface area contributed by atoms with Crippen LogP contribution in [-0.2, 0) is 4.79 Å². The molecule has 0 spiro atoms. The summed E-state index contributed by atoms with van der Waals surface area (Å²) in [4.78, 5) is 17.6. The summed E-state index contributed by atoms with van der Waals surface area (Å²) in [6.45, 7) is 2.94. The smallest absolute Gasteiger partial charge is 0.317 e. The van der Waals surface area contributed by atoms with E-state index in [2.05, 4.69) is 14.7 Å². The maximum Gasteiger partial charge on any atom is 0.317 e. The van der Waals surface area contributed by atoms with Gasteiger partial charge in [0.15, 0.2) is 0 Å². The molecule has 0 radical (unpaired) electrons. The highest BCUT2D eigenvalue weighted by molar-refractivity contribution is 7.09. The molecule has 2 N–H and O–H groups in total. The molecule has 6 nitrogen and oxygen atoms in total. The molecule has 0 unspecified atom stereocenters. The summed E-state index contributed by atoms with van der Waals surface area (Å²) in [6, 6.07) is 0.773. The van der Waals surface area contributed by atoms with Gasteiger partial charge >= 0.3 is 5.97 Å². The molecule has 0 aromatic carbocycles. The van der Waals surface area contributed by atoms with Crippen LogP contribution in [0.4, 0.5) is 5.13 Å². The van der Waals surface area contributed by atoms with Gasteiger partial charge in [0.05, 0.1) is 6.54 Å². The number of nitrogens with one attached hydrogen (secondary N) is 1. The Labute approximate surface area is 141 Å². The average molecular weight is 338 g/mol. The maximum atomic E-state index is 10.9. The first-order chi connectivity index (χ1) is 11.2. The number of rotatable bonds is 7. The normalized spacial score (nSPS) is 25.3. The van der Waals surface area contributed by atoms with Crippen LogP contribution in [0.2, 0.25) is 0 Å². The van der Waals surface area contributed by atoms with Crippen molar-refractivity contribution < 1.29 is 9.90 Å². The second-order valence-corrected chi connectivity index (χ2v) is 7.47. The van der Waals surface area contributed by atoms with Crippen molar-refractivity contribution in [3.8, 4) is 0 Å². The van der Waals surface area contributed by atoms with Crippen LogP contribution in [0.3, 0.4) is 0 Å². The molecule has 23 heavy (non-hydrogen) atoms. The number of aliphatic carboxylic acids is 1. The van der Waals surface area contributed by atoms with Gasteiger partial charge in [-0.05, 0) is 32.2 Å². The molecular formula is C16H26N4O2S. The summed E-state index contributed by atoms with van der Waals surface area (Å²) in [5.41, 5.74) is 0. The first kappa shape index (κ1) is 16.6. The quantitative estimate of drug-likeness (QED) is 0.796. The van der Waals surface area contributed by atoms with Crippen LogP contribution in [-0.4, -0.2) is 50.5 Å². The third-order valence-electron chi connectivity index (χ3n) is 5.11. The fraction of sp³-hybridized carbons (Fsp3) is 0.812. The molecule has 1 aromatic rings. The highest BCUT2D eigenvalue weighted by atomic mass is 32.1. The molecule has 0 bridgehead atoms. The summed E-state index contributed by atoms with van der Waals surface area (Å²) >= 11 is 1.47. The van der Waals surface area contributed by atoms with Crippen molar-refractivity contribution in [2.24, 2.45) is 0 Å².